The van der Waals surface area contributed by atoms with Crippen LogP contribution < -0.4 is 16.6 Å². The number of carbonyl (C=O) groups is 2. The van der Waals surface area contributed by atoms with Gasteiger partial charge in [0.15, 0.2) is 0 Å². The molecule has 0 radical (unpaired) electrons. The number of aliphatic carboxylic acids is 1. The van der Waals surface area contributed by atoms with Crippen molar-refractivity contribution in [3.05, 3.63) is 77.9 Å². The number of carboxylic acids is 1. The van der Waals surface area contributed by atoms with E-state index in [0.29, 0.717) is 16.9 Å². The van der Waals surface area contributed by atoms with Gasteiger partial charge < -0.3 is 15.8 Å². The van der Waals surface area contributed by atoms with Gasteiger partial charge in [0, 0.05) is 22.7 Å². The Morgan fingerprint density at radius 3 is 2.54 bits per heavy atom. The predicted octanol–water partition coefficient (Wildman–Crippen LogP) is 3.31. The van der Waals surface area contributed by atoms with Crippen LogP contribution in [0, 0.1) is 0 Å². The van der Waals surface area contributed by atoms with Gasteiger partial charge in [0.25, 0.3) is 5.91 Å². The monoisotopic (exact) mass is 374 g/mol. The standard InChI is InChI=1S/C21H18N4O3/c22-24-13-23-16-5-3-4-15(12-16)21(28)25-19-10-8-14(9-11-20(26)27)17-6-1-2-7-18(17)19/h1-13H,22H2,(H,23,24)(H,25,28)(H,26,27)/b11-9+. The minimum atomic E-state index is -1.02. The number of nitrogens with two attached hydrogens (primary N) is 1. The van der Waals surface area contributed by atoms with Crippen LogP contribution in [0.1, 0.15) is 15.9 Å². The maximum Gasteiger partial charge on any atom is 0.328 e. The molecule has 0 atom stereocenters. The number of aliphatic imine (C=N–C) groups is 1. The molecule has 5 N–H and O–H groups in total. The molecule has 3 rings (SSSR count). The lowest BCUT2D eigenvalue weighted by atomic mass is 10.0. The maximum atomic E-state index is 12.7. The number of benzene rings is 3. The summed E-state index contributed by atoms with van der Waals surface area (Å²) in [5.74, 6) is 3.86. The molecule has 0 unspecified atom stereocenters. The van der Waals surface area contributed by atoms with E-state index in [1.165, 1.54) is 12.4 Å². The SMILES string of the molecule is NNC=Nc1cccc(C(=O)Nc2ccc(/C=C/C(=O)O)c3ccccc23)c1. The molecule has 0 fully saturated rings. The summed E-state index contributed by atoms with van der Waals surface area (Å²) in [5, 5.41) is 13.4. The van der Waals surface area contributed by atoms with Crippen LogP contribution in [0.25, 0.3) is 16.8 Å². The molecule has 7 nitrogen and oxygen atoms in total. The highest BCUT2D eigenvalue weighted by atomic mass is 16.4. The molecular weight excluding hydrogens is 356 g/mol. The van der Waals surface area contributed by atoms with Crippen molar-refractivity contribution >= 4 is 46.4 Å². The van der Waals surface area contributed by atoms with E-state index in [1.54, 1.807) is 36.4 Å². The first-order valence-corrected chi connectivity index (χ1v) is 8.41. The van der Waals surface area contributed by atoms with Crippen LogP contribution in [0.5, 0.6) is 0 Å². The van der Waals surface area contributed by atoms with E-state index in [-0.39, 0.29) is 5.91 Å². The maximum absolute atomic E-state index is 12.7. The van der Waals surface area contributed by atoms with E-state index in [1.807, 2.05) is 24.3 Å². The number of carboxylic acid groups (broad SMARTS) is 1. The average Bonchev–Trinajstić information content (AvgIpc) is 2.71. The fourth-order valence-electron chi connectivity index (χ4n) is 2.77. The average molecular weight is 374 g/mol. The van der Waals surface area contributed by atoms with Crippen LogP contribution in [-0.4, -0.2) is 23.3 Å². The lowest BCUT2D eigenvalue weighted by Gasteiger charge is -2.11. The summed E-state index contributed by atoms with van der Waals surface area (Å²) in [5.41, 5.74) is 4.73. The molecule has 0 aromatic heterocycles. The van der Waals surface area contributed by atoms with Crippen molar-refractivity contribution in [1.82, 2.24) is 5.43 Å². The van der Waals surface area contributed by atoms with E-state index < -0.39 is 5.97 Å². The van der Waals surface area contributed by atoms with Gasteiger partial charge >= 0.3 is 5.97 Å². The highest BCUT2D eigenvalue weighted by Crippen LogP contribution is 2.28. The van der Waals surface area contributed by atoms with Gasteiger partial charge in [0.05, 0.1) is 5.69 Å². The third kappa shape index (κ3) is 4.40. The Bertz CT molecular complexity index is 1090. The van der Waals surface area contributed by atoms with Crippen molar-refractivity contribution in [3.8, 4) is 0 Å². The number of nitrogens with zero attached hydrogens (tertiary/aromatic N) is 1. The minimum absolute atomic E-state index is 0.281. The first-order chi connectivity index (χ1) is 13.6. The third-order valence-electron chi connectivity index (χ3n) is 4.01. The topological polar surface area (TPSA) is 117 Å². The zero-order chi connectivity index (χ0) is 19.9. The third-order valence-corrected chi connectivity index (χ3v) is 4.01. The Hall–Kier alpha value is -3.97. The molecule has 3 aromatic rings. The van der Waals surface area contributed by atoms with Gasteiger partial charge in [-0.25, -0.2) is 15.6 Å². The summed E-state index contributed by atoms with van der Waals surface area (Å²) in [6, 6.07) is 17.8. The van der Waals surface area contributed by atoms with Crippen molar-refractivity contribution in [1.29, 1.82) is 0 Å². The van der Waals surface area contributed by atoms with Crippen molar-refractivity contribution in [2.75, 3.05) is 5.32 Å². The zero-order valence-electron chi connectivity index (χ0n) is 14.8. The first-order valence-electron chi connectivity index (χ1n) is 8.41. The Morgan fingerprint density at radius 1 is 1.00 bits per heavy atom. The summed E-state index contributed by atoms with van der Waals surface area (Å²) in [7, 11) is 0. The molecule has 3 aromatic carbocycles. The molecule has 0 heterocycles. The normalized spacial score (nSPS) is 11.2. The number of nitrogens with one attached hydrogen (secondary N) is 2. The number of hydrogen-bond donors (Lipinski definition) is 4. The van der Waals surface area contributed by atoms with Gasteiger partial charge in [-0.3, -0.25) is 4.79 Å². The minimum Gasteiger partial charge on any atom is -0.478 e. The van der Waals surface area contributed by atoms with Crippen LogP contribution in [0.15, 0.2) is 71.7 Å². The Morgan fingerprint density at radius 2 is 1.79 bits per heavy atom. The lowest BCUT2D eigenvalue weighted by Crippen LogP contribution is -2.18. The lowest BCUT2D eigenvalue weighted by molar-refractivity contribution is -0.131. The summed E-state index contributed by atoms with van der Waals surface area (Å²) < 4.78 is 0. The summed E-state index contributed by atoms with van der Waals surface area (Å²) in [6.45, 7) is 0. The van der Waals surface area contributed by atoms with Crippen molar-refractivity contribution < 1.29 is 14.7 Å². The molecule has 140 valence electrons. The number of anilines is 1. The zero-order valence-corrected chi connectivity index (χ0v) is 14.8. The van der Waals surface area contributed by atoms with Crippen LogP contribution in [0.3, 0.4) is 0 Å². The summed E-state index contributed by atoms with van der Waals surface area (Å²) in [4.78, 5) is 27.6. The van der Waals surface area contributed by atoms with E-state index in [4.69, 9.17) is 10.9 Å². The quantitative estimate of drug-likeness (QED) is 0.174. The molecular formula is C21H18N4O3. The van der Waals surface area contributed by atoms with Gasteiger partial charge in [0.1, 0.15) is 6.34 Å². The van der Waals surface area contributed by atoms with Crippen molar-refractivity contribution in [2.45, 2.75) is 0 Å². The van der Waals surface area contributed by atoms with Crippen LogP contribution in [0.2, 0.25) is 0 Å². The summed E-state index contributed by atoms with van der Waals surface area (Å²) in [6.07, 6.45) is 3.94. The van der Waals surface area contributed by atoms with E-state index in [0.717, 1.165) is 22.4 Å². The highest BCUT2D eigenvalue weighted by molar-refractivity contribution is 6.10. The summed E-state index contributed by atoms with van der Waals surface area (Å²) >= 11 is 0. The second kappa shape index (κ2) is 8.61. The van der Waals surface area contributed by atoms with E-state index in [9.17, 15) is 9.59 Å². The van der Waals surface area contributed by atoms with E-state index in [2.05, 4.69) is 15.7 Å². The van der Waals surface area contributed by atoms with Gasteiger partial charge in [-0.15, -0.1) is 0 Å². The fraction of sp³-hybridized carbons (Fsp3) is 0. The molecule has 0 saturated carbocycles. The molecule has 0 aliphatic rings. The fourth-order valence-corrected chi connectivity index (χ4v) is 2.77. The second-order valence-electron chi connectivity index (χ2n) is 5.85. The predicted molar refractivity (Wildman–Crippen MR) is 110 cm³/mol. The molecule has 0 bridgehead atoms. The van der Waals surface area contributed by atoms with Crippen LogP contribution >= 0.6 is 0 Å². The number of hydrogen-bond acceptors (Lipinski definition) is 4. The number of rotatable bonds is 6. The number of amides is 1. The van der Waals surface area contributed by atoms with Crippen LogP contribution in [0.4, 0.5) is 11.4 Å². The highest BCUT2D eigenvalue weighted by Gasteiger charge is 2.10. The molecule has 0 spiro atoms. The first kappa shape index (κ1) is 18.8. The smallest absolute Gasteiger partial charge is 0.328 e. The Kier molecular flexibility index (Phi) is 5.78. The van der Waals surface area contributed by atoms with Gasteiger partial charge in [-0.05, 0) is 41.3 Å². The molecule has 0 aliphatic heterocycles. The molecule has 1 amide bonds. The van der Waals surface area contributed by atoms with Gasteiger partial charge in [-0.1, -0.05) is 36.4 Å². The number of hydrazine groups is 1. The molecule has 7 heteroatoms. The van der Waals surface area contributed by atoms with Gasteiger partial charge in [-0.2, -0.15) is 0 Å². The second-order valence-corrected chi connectivity index (χ2v) is 5.85. The Balaban J connectivity index is 1.93. The van der Waals surface area contributed by atoms with Crippen molar-refractivity contribution in [2.24, 2.45) is 10.8 Å². The molecule has 0 aliphatic carbocycles. The van der Waals surface area contributed by atoms with E-state index >= 15 is 0 Å². The Labute approximate surface area is 161 Å². The molecule has 0 saturated heterocycles. The largest absolute Gasteiger partial charge is 0.478 e. The van der Waals surface area contributed by atoms with Crippen LogP contribution in [-0.2, 0) is 4.79 Å². The molecule has 28 heavy (non-hydrogen) atoms. The number of carbonyl (C=O) groups excluding carboxylic acids is 1. The van der Waals surface area contributed by atoms with Gasteiger partial charge in [0.2, 0.25) is 0 Å². The van der Waals surface area contributed by atoms with Crippen molar-refractivity contribution in [3.63, 3.8) is 0 Å². The number of fused-ring (bicyclic) bond motifs is 1.